The van der Waals surface area contributed by atoms with Crippen molar-refractivity contribution in [2.45, 2.75) is 82.8 Å². The predicted molar refractivity (Wildman–Crippen MR) is 106 cm³/mol. The van der Waals surface area contributed by atoms with Crippen LogP contribution in [0, 0.1) is 18.8 Å². The molecule has 0 spiro atoms. The maximum absolute atomic E-state index is 12.7. The van der Waals surface area contributed by atoms with Crippen molar-refractivity contribution in [3.05, 3.63) is 5.82 Å². The van der Waals surface area contributed by atoms with Crippen LogP contribution < -0.4 is 10.2 Å². The maximum atomic E-state index is 12.7. The third-order valence-electron chi connectivity index (χ3n) is 7.81. The molecule has 6 rings (SSSR count). The zero-order chi connectivity index (χ0) is 19.3. The van der Waals surface area contributed by atoms with Crippen molar-refractivity contribution < 1.29 is 9.32 Å². The first-order valence-electron chi connectivity index (χ1n) is 11.1. The summed E-state index contributed by atoms with van der Waals surface area (Å²) in [7, 11) is 0. The van der Waals surface area contributed by atoms with Gasteiger partial charge in [-0.3, -0.25) is 9.69 Å². The van der Waals surface area contributed by atoms with Crippen molar-refractivity contribution in [2.24, 2.45) is 11.8 Å². The van der Waals surface area contributed by atoms with Crippen molar-refractivity contribution >= 4 is 11.9 Å². The van der Waals surface area contributed by atoms with Crippen LogP contribution in [0.1, 0.15) is 64.1 Å². The lowest BCUT2D eigenvalue weighted by Gasteiger charge is -2.53. The Hall–Kier alpha value is -1.63. The number of nitrogens with zero attached hydrogens (tertiary/aromatic N) is 4. The SMILES string of the molecule is Cc1noc(N2CC3CCC2CC3N2CCC(C(=O)NC3(C)CCC3)CC2)n1. The Bertz CT molecular complexity index is 722. The highest BCUT2D eigenvalue weighted by molar-refractivity contribution is 5.79. The van der Waals surface area contributed by atoms with E-state index >= 15 is 0 Å². The molecule has 4 heterocycles. The van der Waals surface area contributed by atoms with Gasteiger partial charge in [-0.2, -0.15) is 4.98 Å². The minimum absolute atomic E-state index is 0.0767. The fourth-order valence-corrected chi connectivity index (χ4v) is 5.89. The first kappa shape index (κ1) is 18.4. The van der Waals surface area contributed by atoms with E-state index in [1.165, 1.54) is 25.7 Å². The van der Waals surface area contributed by atoms with Gasteiger partial charge < -0.3 is 14.7 Å². The van der Waals surface area contributed by atoms with Crippen LogP contribution in [-0.4, -0.2) is 58.2 Å². The van der Waals surface area contributed by atoms with Gasteiger partial charge in [-0.25, -0.2) is 0 Å². The van der Waals surface area contributed by atoms with Crippen LogP contribution >= 0.6 is 0 Å². The second-order valence-electron chi connectivity index (χ2n) is 9.78. The van der Waals surface area contributed by atoms with Gasteiger partial charge in [-0.05, 0) is 84.2 Å². The standard InChI is InChI=1S/C21H33N5O2/c1-14-22-20(28-24-14)26-13-16-4-5-17(26)12-18(16)25-10-6-15(7-11-25)19(27)23-21(2)8-3-9-21/h15-18H,3-13H2,1-2H3,(H,23,27). The third kappa shape index (κ3) is 3.31. The van der Waals surface area contributed by atoms with E-state index < -0.39 is 0 Å². The van der Waals surface area contributed by atoms with E-state index in [0.29, 0.717) is 35.7 Å². The summed E-state index contributed by atoms with van der Waals surface area (Å²) in [5.41, 5.74) is 0.0767. The molecule has 7 nitrogen and oxygen atoms in total. The zero-order valence-electron chi connectivity index (χ0n) is 17.2. The summed E-state index contributed by atoms with van der Waals surface area (Å²) in [6.45, 7) is 7.21. The molecule has 1 aromatic heterocycles. The quantitative estimate of drug-likeness (QED) is 0.856. The molecular weight excluding hydrogens is 354 g/mol. The topological polar surface area (TPSA) is 74.5 Å². The number of piperidine rings is 3. The van der Waals surface area contributed by atoms with Gasteiger partial charge in [0.1, 0.15) is 0 Å². The van der Waals surface area contributed by atoms with E-state index in [4.69, 9.17) is 4.52 Å². The Balaban J connectivity index is 1.16. The van der Waals surface area contributed by atoms with Crippen LogP contribution in [0.4, 0.5) is 6.01 Å². The fourth-order valence-electron chi connectivity index (χ4n) is 5.89. The monoisotopic (exact) mass is 387 g/mol. The van der Waals surface area contributed by atoms with Crippen LogP contribution in [0.3, 0.4) is 0 Å². The third-order valence-corrected chi connectivity index (χ3v) is 7.81. The molecule has 3 unspecified atom stereocenters. The Morgan fingerprint density at radius 1 is 1.21 bits per heavy atom. The maximum Gasteiger partial charge on any atom is 0.324 e. The van der Waals surface area contributed by atoms with Gasteiger partial charge in [0.15, 0.2) is 5.82 Å². The molecule has 28 heavy (non-hydrogen) atoms. The van der Waals surface area contributed by atoms with Gasteiger partial charge in [-0.1, -0.05) is 5.16 Å². The lowest BCUT2D eigenvalue weighted by Crippen LogP contribution is -2.61. The molecule has 3 saturated heterocycles. The number of rotatable bonds is 4. The van der Waals surface area contributed by atoms with Gasteiger partial charge in [-0.15, -0.1) is 0 Å². The van der Waals surface area contributed by atoms with Crippen molar-refractivity contribution in [3.63, 3.8) is 0 Å². The lowest BCUT2D eigenvalue weighted by molar-refractivity contribution is -0.129. The van der Waals surface area contributed by atoms with Crippen LogP contribution in [0.2, 0.25) is 0 Å². The Morgan fingerprint density at radius 2 is 2.00 bits per heavy atom. The largest absolute Gasteiger partial charge is 0.351 e. The van der Waals surface area contributed by atoms with E-state index in [1.54, 1.807) is 0 Å². The molecule has 5 fully saturated rings. The van der Waals surface area contributed by atoms with E-state index in [2.05, 4.69) is 32.2 Å². The average Bonchev–Trinajstić information content (AvgIpc) is 3.13. The van der Waals surface area contributed by atoms with Crippen LogP contribution in [0.25, 0.3) is 0 Å². The van der Waals surface area contributed by atoms with Crippen LogP contribution in [0.5, 0.6) is 0 Å². The molecule has 1 N–H and O–H groups in total. The normalized spacial score (nSPS) is 32.9. The van der Waals surface area contributed by atoms with Crippen molar-refractivity contribution in [1.82, 2.24) is 20.4 Å². The summed E-state index contributed by atoms with van der Waals surface area (Å²) in [6, 6.07) is 1.85. The molecule has 1 aromatic rings. The molecular formula is C21H33N5O2. The number of anilines is 1. The number of likely N-dealkylation sites (tertiary alicyclic amines) is 1. The van der Waals surface area contributed by atoms with Gasteiger partial charge in [0, 0.05) is 30.1 Å². The number of aromatic nitrogens is 2. The average molecular weight is 388 g/mol. The highest BCUT2D eigenvalue weighted by Crippen LogP contribution is 2.41. The fraction of sp³-hybridized carbons (Fsp3) is 0.857. The van der Waals surface area contributed by atoms with Crippen molar-refractivity contribution in [1.29, 1.82) is 0 Å². The van der Waals surface area contributed by atoms with Gasteiger partial charge in [0.25, 0.3) is 0 Å². The number of aryl methyl sites for hydroxylation is 1. The first-order chi connectivity index (χ1) is 13.5. The summed E-state index contributed by atoms with van der Waals surface area (Å²) in [6.07, 6.45) is 9.22. The number of carbonyl (C=O) groups is 1. The number of hydrogen-bond acceptors (Lipinski definition) is 6. The molecule has 7 heteroatoms. The molecule has 1 amide bonds. The van der Waals surface area contributed by atoms with E-state index in [-0.39, 0.29) is 11.5 Å². The van der Waals surface area contributed by atoms with Crippen molar-refractivity contribution in [3.8, 4) is 0 Å². The second-order valence-corrected chi connectivity index (χ2v) is 9.78. The summed E-state index contributed by atoms with van der Waals surface area (Å²) < 4.78 is 5.44. The Morgan fingerprint density at radius 3 is 2.57 bits per heavy atom. The molecule has 0 aromatic carbocycles. The molecule has 154 valence electrons. The summed E-state index contributed by atoms with van der Waals surface area (Å²) in [5.74, 6) is 1.87. The van der Waals surface area contributed by atoms with Crippen LogP contribution in [0.15, 0.2) is 4.52 Å². The number of amides is 1. The predicted octanol–water partition coefficient (Wildman–Crippen LogP) is 2.51. The van der Waals surface area contributed by atoms with Gasteiger partial charge in [0.05, 0.1) is 0 Å². The van der Waals surface area contributed by atoms with E-state index in [1.807, 2.05) is 6.92 Å². The smallest absolute Gasteiger partial charge is 0.324 e. The second kappa shape index (κ2) is 7.01. The molecule has 5 aliphatic rings. The molecule has 2 bridgehead atoms. The minimum Gasteiger partial charge on any atom is -0.351 e. The molecule has 3 atom stereocenters. The number of hydrogen-bond donors (Lipinski definition) is 1. The van der Waals surface area contributed by atoms with Gasteiger partial charge in [0.2, 0.25) is 5.91 Å². The molecule has 2 saturated carbocycles. The number of carbonyl (C=O) groups excluding carboxylic acids is 1. The summed E-state index contributed by atoms with van der Waals surface area (Å²) in [4.78, 5) is 22.1. The lowest BCUT2D eigenvalue weighted by atomic mass is 9.74. The summed E-state index contributed by atoms with van der Waals surface area (Å²) >= 11 is 0. The van der Waals surface area contributed by atoms with E-state index in [0.717, 1.165) is 45.3 Å². The van der Waals surface area contributed by atoms with E-state index in [9.17, 15) is 4.79 Å². The molecule has 3 aliphatic heterocycles. The summed E-state index contributed by atoms with van der Waals surface area (Å²) in [5, 5.41) is 7.29. The highest BCUT2D eigenvalue weighted by Gasteiger charge is 2.45. The Kier molecular flexibility index (Phi) is 4.61. The zero-order valence-corrected chi connectivity index (χ0v) is 17.2. The van der Waals surface area contributed by atoms with Crippen LogP contribution in [-0.2, 0) is 4.79 Å². The van der Waals surface area contributed by atoms with Crippen molar-refractivity contribution in [2.75, 3.05) is 24.5 Å². The minimum atomic E-state index is 0.0767. The number of nitrogens with one attached hydrogen (secondary N) is 1. The Labute approximate surface area is 167 Å². The highest BCUT2D eigenvalue weighted by atomic mass is 16.5. The molecule has 2 aliphatic carbocycles. The van der Waals surface area contributed by atoms with Gasteiger partial charge >= 0.3 is 6.01 Å². The molecule has 0 radical (unpaired) electrons. The number of fused-ring (bicyclic) bond motifs is 3. The first-order valence-corrected chi connectivity index (χ1v) is 11.1.